The Balaban J connectivity index is 2.26. The zero-order valence-corrected chi connectivity index (χ0v) is 9.87. The number of likely N-dealkylation sites (tertiary alicyclic amines) is 1. The Labute approximate surface area is 88.2 Å². The number of likely N-dealkylation sites (N-methyl/N-ethyl adjacent to an activating group) is 1. The van der Waals surface area contributed by atoms with Gasteiger partial charge in [0.15, 0.2) is 0 Å². The molecule has 0 aromatic rings. The maximum Gasteiger partial charge on any atom is 0.0229 e. The van der Waals surface area contributed by atoms with Crippen molar-refractivity contribution in [2.75, 3.05) is 33.7 Å². The summed E-state index contributed by atoms with van der Waals surface area (Å²) in [5, 5.41) is 0. The molecule has 1 heterocycles. The van der Waals surface area contributed by atoms with Gasteiger partial charge in [0.25, 0.3) is 0 Å². The van der Waals surface area contributed by atoms with Crippen LogP contribution in [0.1, 0.15) is 26.2 Å². The predicted octanol–water partition coefficient (Wildman–Crippen LogP) is 0.750. The molecule has 1 fully saturated rings. The number of hydrogen-bond acceptors (Lipinski definition) is 3. The van der Waals surface area contributed by atoms with Crippen LogP contribution in [0.5, 0.6) is 0 Å². The third-order valence-electron chi connectivity index (χ3n) is 3.37. The molecule has 0 radical (unpaired) electrons. The lowest BCUT2D eigenvalue weighted by Gasteiger charge is -2.25. The van der Waals surface area contributed by atoms with Gasteiger partial charge < -0.3 is 10.6 Å². The van der Waals surface area contributed by atoms with Crippen molar-refractivity contribution in [3.8, 4) is 0 Å². The summed E-state index contributed by atoms with van der Waals surface area (Å²) in [5.74, 6) is 0. The van der Waals surface area contributed by atoms with Crippen molar-refractivity contribution in [3.63, 3.8) is 0 Å². The first kappa shape index (κ1) is 12.0. The van der Waals surface area contributed by atoms with Crippen molar-refractivity contribution in [3.05, 3.63) is 0 Å². The second kappa shape index (κ2) is 5.69. The number of hydrogen-bond donors (Lipinski definition) is 1. The summed E-state index contributed by atoms with van der Waals surface area (Å²) in [5.41, 5.74) is 5.52. The van der Waals surface area contributed by atoms with E-state index in [0.717, 1.165) is 19.0 Å². The van der Waals surface area contributed by atoms with Gasteiger partial charge in [-0.25, -0.2) is 0 Å². The topological polar surface area (TPSA) is 32.5 Å². The zero-order chi connectivity index (χ0) is 10.6. The molecule has 0 aromatic carbocycles. The molecule has 0 spiro atoms. The Morgan fingerprint density at radius 3 is 2.71 bits per heavy atom. The van der Waals surface area contributed by atoms with E-state index < -0.39 is 0 Å². The van der Waals surface area contributed by atoms with Crippen molar-refractivity contribution in [1.29, 1.82) is 0 Å². The Morgan fingerprint density at radius 2 is 2.21 bits per heavy atom. The summed E-state index contributed by atoms with van der Waals surface area (Å²) < 4.78 is 0. The Morgan fingerprint density at radius 1 is 1.50 bits per heavy atom. The van der Waals surface area contributed by atoms with Crippen LogP contribution in [0.2, 0.25) is 0 Å². The molecule has 84 valence electrons. The van der Waals surface area contributed by atoms with E-state index in [-0.39, 0.29) is 0 Å². The van der Waals surface area contributed by atoms with Crippen LogP contribution in [-0.4, -0.2) is 55.6 Å². The van der Waals surface area contributed by atoms with Crippen molar-refractivity contribution >= 4 is 0 Å². The van der Waals surface area contributed by atoms with Gasteiger partial charge in [0.05, 0.1) is 0 Å². The monoisotopic (exact) mass is 199 g/mol. The quantitative estimate of drug-likeness (QED) is 0.709. The molecule has 2 atom stereocenters. The summed E-state index contributed by atoms with van der Waals surface area (Å²) in [6.07, 6.45) is 3.72. The second-order valence-corrected chi connectivity index (χ2v) is 4.68. The molecule has 0 saturated carbocycles. The van der Waals surface area contributed by atoms with Gasteiger partial charge in [-0.05, 0) is 46.8 Å². The molecule has 1 aliphatic rings. The van der Waals surface area contributed by atoms with Gasteiger partial charge in [-0.15, -0.1) is 0 Å². The van der Waals surface area contributed by atoms with Crippen LogP contribution in [0.15, 0.2) is 0 Å². The van der Waals surface area contributed by atoms with Gasteiger partial charge in [0, 0.05) is 25.2 Å². The molecule has 1 saturated heterocycles. The van der Waals surface area contributed by atoms with E-state index in [9.17, 15) is 0 Å². The van der Waals surface area contributed by atoms with Crippen molar-refractivity contribution in [2.45, 2.75) is 38.3 Å². The Hall–Kier alpha value is -0.120. The third-order valence-corrected chi connectivity index (χ3v) is 3.37. The van der Waals surface area contributed by atoms with E-state index in [1.165, 1.54) is 25.9 Å². The van der Waals surface area contributed by atoms with E-state index in [2.05, 4.69) is 30.8 Å². The van der Waals surface area contributed by atoms with E-state index in [0.29, 0.717) is 6.04 Å². The third kappa shape index (κ3) is 3.23. The average molecular weight is 199 g/mol. The minimum Gasteiger partial charge on any atom is -0.330 e. The fourth-order valence-electron chi connectivity index (χ4n) is 2.19. The molecule has 2 N–H and O–H groups in total. The normalized spacial score (nSPS) is 25.9. The maximum atomic E-state index is 5.52. The van der Waals surface area contributed by atoms with E-state index in [4.69, 9.17) is 5.73 Å². The SMILES string of the molecule is CC(CCCN)N1CCC(N(C)C)C1. The highest BCUT2D eigenvalue weighted by Gasteiger charge is 2.26. The molecule has 3 nitrogen and oxygen atoms in total. The van der Waals surface area contributed by atoms with Crippen LogP contribution in [0.3, 0.4) is 0 Å². The molecule has 14 heavy (non-hydrogen) atoms. The second-order valence-electron chi connectivity index (χ2n) is 4.68. The Bertz CT molecular complexity index is 159. The zero-order valence-electron chi connectivity index (χ0n) is 9.87. The standard InChI is InChI=1S/C11H25N3/c1-10(5-4-7-12)14-8-6-11(9-14)13(2)3/h10-11H,4-9,12H2,1-3H3. The first-order valence-electron chi connectivity index (χ1n) is 5.75. The van der Waals surface area contributed by atoms with Crippen LogP contribution in [0, 0.1) is 0 Å². The predicted molar refractivity (Wildman–Crippen MR) is 61.4 cm³/mol. The fraction of sp³-hybridized carbons (Fsp3) is 1.00. The van der Waals surface area contributed by atoms with Crippen LogP contribution in [0.4, 0.5) is 0 Å². The minimum atomic E-state index is 0.712. The first-order valence-corrected chi connectivity index (χ1v) is 5.75. The number of nitrogens with zero attached hydrogens (tertiary/aromatic N) is 2. The molecule has 1 rings (SSSR count). The van der Waals surface area contributed by atoms with E-state index in [1.54, 1.807) is 0 Å². The molecular weight excluding hydrogens is 174 g/mol. The smallest absolute Gasteiger partial charge is 0.0229 e. The summed E-state index contributed by atoms with van der Waals surface area (Å²) in [4.78, 5) is 4.94. The summed E-state index contributed by atoms with van der Waals surface area (Å²) in [6.45, 7) is 5.65. The van der Waals surface area contributed by atoms with Gasteiger partial charge in [0.1, 0.15) is 0 Å². The van der Waals surface area contributed by atoms with Gasteiger partial charge in [-0.3, -0.25) is 4.90 Å². The highest BCUT2D eigenvalue weighted by molar-refractivity contribution is 4.83. The molecule has 1 aliphatic heterocycles. The lowest BCUT2D eigenvalue weighted by Crippen LogP contribution is -2.35. The van der Waals surface area contributed by atoms with Gasteiger partial charge in [0.2, 0.25) is 0 Å². The van der Waals surface area contributed by atoms with Crippen LogP contribution in [-0.2, 0) is 0 Å². The van der Waals surface area contributed by atoms with Gasteiger partial charge >= 0.3 is 0 Å². The van der Waals surface area contributed by atoms with Crippen LogP contribution in [0.25, 0.3) is 0 Å². The number of nitrogens with two attached hydrogens (primary N) is 1. The molecule has 2 unspecified atom stereocenters. The fourth-order valence-corrected chi connectivity index (χ4v) is 2.19. The van der Waals surface area contributed by atoms with E-state index in [1.807, 2.05) is 0 Å². The van der Waals surface area contributed by atoms with Crippen LogP contribution < -0.4 is 5.73 Å². The average Bonchev–Trinajstić information content (AvgIpc) is 2.62. The highest BCUT2D eigenvalue weighted by Crippen LogP contribution is 2.17. The lowest BCUT2D eigenvalue weighted by atomic mass is 10.1. The summed E-state index contributed by atoms with van der Waals surface area (Å²) in [7, 11) is 4.36. The van der Waals surface area contributed by atoms with Gasteiger partial charge in [-0.2, -0.15) is 0 Å². The highest BCUT2D eigenvalue weighted by atomic mass is 15.2. The van der Waals surface area contributed by atoms with Crippen LogP contribution >= 0.6 is 0 Å². The molecule has 0 amide bonds. The molecule has 0 aliphatic carbocycles. The lowest BCUT2D eigenvalue weighted by molar-refractivity contribution is 0.217. The maximum absolute atomic E-state index is 5.52. The first-order chi connectivity index (χ1) is 6.65. The molecule has 0 bridgehead atoms. The van der Waals surface area contributed by atoms with Crippen molar-refractivity contribution in [1.82, 2.24) is 9.80 Å². The number of rotatable bonds is 5. The van der Waals surface area contributed by atoms with E-state index >= 15 is 0 Å². The van der Waals surface area contributed by atoms with Crippen molar-refractivity contribution in [2.24, 2.45) is 5.73 Å². The minimum absolute atomic E-state index is 0.712. The Kier molecular flexibility index (Phi) is 4.85. The molecular formula is C11H25N3. The van der Waals surface area contributed by atoms with Crippen molar-refractivity contribution < 1.29 is 0 Å². The largest absolute Gasteiger partial charge is 0.330 e. The molecule has 0 aromatic heterocycles. The summed E-state index contributed by atoms with van der Waals surface area (Å²) in [6, 6.07) is 1.47. The van der Waals surface area contributed by atoms with Gasteiger partial charge in [-0.1, -0.05) is 0 Å². The molecule has 3 heteroatoms. The summed E-state index contributed by atoms with van der Waals surface area (Å²) >= 11 is 0.